The molecule has 0 unspecified atom stereocenters. The molecule has 0 aromatic heterocycles. The van der Waals surface area contributed by atoms with Crippen LogP contribution in [0.5, 0.6) is 11.5 Å². The summed E-state index contributed by atoms with van der Waals surface area (Å²) in [5, 5.41) is 8.89. The smallest absolute Gasteiger partial charge is 0.328 e. The van der Waals surface area contributed by atoms with E-state index in [1.165, 1.54) is 24.3 Å². The number of carbonyl (C=O) groups is 1. The minimum absolute atomic E-state index is 0.0721. The monoisotopic (exact) mass is 326 g/mol. The summed E-state index contributed by atoms with van der Waals surface area (Å²) in [6.07, 6.45) is 2.20. The fourth-order valence-electron chi connectivity index (χ4n) is 1.60. The summed E-state index contributed by atoms with van der Waals surface area (Å²) in [4.78, 5) is 10.6. The summed E-state index contributed by atoms with van der Waals surface area (Å²) in [6.45, 7) is 0. The molecule has 1 N–H and O–H groups in total. The van der Waals surface area contributed by atoms with Crippen molar-refractivity contribution < 1.29 is 19.0 Å². The van der Waals surface area contributed by atoms with Crippen LogP contribution in [0, 0.1) is 5.82 Å². The van der Waals surface area contributed by atoms with Crippen molar-refractivity contribution >= 4 is 35.2 Å². The van der Waals surface area contributed by atoms with E-state index in [9.17, 15) is 9.18 Å². The molecule has 0 heterocycles. The van der Waals surface area contributed by atoms with Crippen molar-refractivity contribution in [2.24, 2.45) is 0 Å². The molecule has 2 aromatic carbocycles. The Morgan fingerprint density at radius 3 is 2.38 bits per heavy atom. The van der Waals surface area contributed by atoms with Gasteiger partial charge >= 0.3 is 5.97 Å². The highest BCUT2D eigenvalue weighted by molar-refractivity contribution is 6.32. The predicted molar refractivity (Wildman–Crippen MR) is 79.6 cm³/mol. The van der Waals surface area contributed by atoms with Gasteiger partial charge in [-0.15, -0.1) is 0 Å². The van der Waals surface area contributed by atoms with Gasteiger partial charge in [-0.25, -0.2) is 9.18 Å². The van der Waals surface area contributed by atoms with E-state index in [0.717, 1.165) is 6.08 Å². The quantitative estimate of drug-likeness (QED) is 0.802. The molecule has 0 bridgehead atoms. The third kappa shape index (κ3) is 3.74. The highest BCUT2D eigenvalue weighted by Gasteiger charge is 2.12. The molecule has 0 atom stereocenters. The van der Waals surface area contributed by atoms with E-state index in [-0.39, 0.29) is 21.5 Å². The molecule has 0 spiro atoms. The normalized spacial score (nSPS) is 10.8. The molecule has 6 heteroatoms. The molecule has 0 radical (unpaired) electrons. The number of ether oxygens (including phenoxy) is 1. The Bertz CT molecular complexity index is 714. The van der Waals surface area contributed by atoms with E-state index in [1.807, 2.05) is 0 Å². The minimum atomic E-state index is -1.13. The Morgan fingerprint density at radius 2 is 1.71 bits per heavy atom. The lowest BCUT2D eigenvalue weighted by molar-refractivity contribution is -0.131. The Balaban J connectivity index is 2.42. The van der Waals surface area contributed by atoms with Crippen molar-refractivity contribution in [2.45, 2.75) is 0 Å². The second kappa shape index (κ2) is 6.61. The predicted octanol–water partition coefficient (Wildman–Crippen LogP) is 5.02. The zero-order chi connectivity index (χ0) is 15.4. The first-order valence-electron chi connectivity index (χ1n) is 5.80. The van der Waals surface area contributed by atoms with Crippen LogP contribution in [0.3, 0.4) is 0 Å². The van der Waals surface area contributed by atoms with Crippen molar-refractivity contribution in [3.05, 3.63) is 63.9 Å². The fraction of sp³-hybridized carbons (Fsp3) is 0. The molecular weight excluding hydrogens is 318 g/mol. The van der Waals surface area contributed by atoms with Crippen LogP contribution in [0.2, 0.25) is 10.0 Å². The number of carboxylic acid groups (broad SMARTS) is 1. The molecule has 0 saturated carbocycles. The van der Waals surface area contributed by atoms with Crippen LogP contribution in [-0.4, -0.2) is 11.1 Å². The van der Waals surface area contributed by atoms with Crippen LogP contribution in [0.1, 0.15) is 5.56 Å². The Hall–Kier alpha value is -2.04. The molecule has 108 valence electrons. The van der Waals surface area contributed by atoms with Crippen molar-refractivity contribution in [3.63, 3.8) is 0 Å². The summed E-state index contributed by atoms with van der Waals surface area (Å²) in [6, 6.07) is 9.08. The summed E-state index contributed by atoms with van der Waals surface area (Å²) in [5.41, 5.74) is 0.334. The number of hydrogen-bond acceptors (Lipinski definition) is 2. The largest absolute Gasteiger partial charge is 0.478 e. The molecule has 0 aliphatic carbocycles. The van der Waals surface area contributed by atoms with Crippen molar-refractivity contribution in [3.8, 4) is 11.5 Å². The van der Waals surface area contributed by atoms with Crippen LogP contribution in [0.4, 0.5) is 4.39 Å². The standard InChI is InChI=1S/C15H9Cl2FO3/c16-10-3-1-5-12(9(10)7-8-14(19)20)21-13-6-2-4-11(17)15(13)18/h1-8H,(H,19,20)/b8-7+. The van der Waals surface area contributed by atoms with E-state index < -0.39 is 11.8 Å². The topological polar surface area (TPSA) is 46.5 Å². The van der Waals surface area contributed by atoms with Crippen LogP contribution >= 0.6 is 23.2 Å². The molecule has 0 aliphatic heterocycles. The van der Waals surface area contributed by atoms with Crippen LogP contribution < -0.4 is 4.74 Å². The first-order valence-corrected chi connectivity index (χ1v) is 6.56. The SMILES string of the molecule is O=C(O)/C=C/c1c(Cl)cccc1Oc1cccc(Cl)c1F. The second-order valence-corrected chi connectivity index (χ2v) is 4.79. The van der Waals surface area contributed by atoms with Crippen molar-refractivity contribution in [1.82, 2.24) is 0 Å². The third-order valence-electron chi connectivity index (χ3n) is 2.54. The summed E-state index contributed by atoms with van der Waals surface area (Å²) >= 11 is 11.7. The molecule has 2 aromatic rings. The third-order valence-corrected chi connectivity index (χ3v) is 3.16. The number of benzene rings is 2. The molecule has 0 fully saturated rings. The Kier molecular flexibility index (Phi) is 4.83. The maximum absolute atomic E-state index is 13.8. The van der Waals surface area contributed by atoms with Gasteiger partial charge in [0.25, 0.3) is 0 Å². The molecule has 0 saturated heterocycles. The minimum Gasteiger partial charge on any atom is -0.478 e. The summed E-state index contributed by atoms with van der Waals surface area (Å²) in [7, 11) is 0. The molecule has 0 amide bonds. The van der Waals surface area contributed by atoms with Crippen molar-refractivity contribution in [2.75, 3.05) is 0 Å². The van der Waals surface area contributed by atoms with Gasteiger partial charge in [0, 0.05) is 11.6 Å². The van der Waals surface area contributed by atoms with Gasteiger partial charge in [0.15, 0.2) is 11.6 Å². The number of aliphatic carboxylic acids is 1. The van der Waals surface area contributed by atoms with Gasteiger partial charge in [-0.05, 0) is 30.3 Å². The van der Waals surface area contributed by atoms with Gasteiger partial charge in [0.2, 0.25) is 0 Å². The fourth-order valence-corrected chi connectivity index (χ4v) is 2.00. The molecular formula is C15H9Cl2FO3. The zero-order valence-electron chi connectivity index (χ0n) is 10.5. The van der Waals surface area contributed by atoms with Gasteiger partial charge in [-0.2, -0.15) is 0 Å². The van der Waals surface area contributed by atoms with E-state index in [4.69, 9.17) is 33.0 Å². The highest BCUT2D eigenvalue weighted by atomic mass is 35.5. The Morgan fingerprint density at radius 1 is 1.10 bits per heavy atom. The molecule has 0 aliphatic rings. The average Bonchev–Trinajstić information content (AvgIpc) is 2.43. The zero-order valence-corrected chi connectivity index (χ0v) is 12.0. The van der Waals surface area contributed by atoms with E-state index in [1.54, 1.807) is 18.2 Å². The Labute approximate surface area is 130 Å². The van der Waals surface area contributed by atoms with Crippen molar-refractivity contribution in [1.29, 1.82) is 0 Å². The van der Waals surface area contributed by atoms with E-state index >= 15 is 0 Å². The van der Waals surface area contributed by atoms with Gasteiger partial charge in [0.05, 0.1) is 10.0 Å². The van der Waals surface area contributed by atoms with E-state index in [0.29, 0.717) is 5.56 Å². The molecule has 2 rings (SSSR count). The van der Waals surface area contributed by atoms with Gasteiger partial charge in [-0.3, -0.25) is 0 Å². The lowest BCUT2D eigenvalue weighted by Crippen LogP contribution is -1.93. The van der Waals surface area contributed by atoms with Gasteiger partial charge in [0.1, 0.15) is 5.75 Å². The first-order chi connectivity index (χ1) is 9.99. The first kappa shape index (κ1) is 15.4. The second-order valence-electron chi connectivity index (χ2n) is 3.98. The summed E-state index contributed by atoms with van der Waals surface area (Å²) < 4.78 is 19.3. The molecule has 3 nitrogen and oxygen atoms in total. The summed E-state index contributed by atoms with van der Waals surface area (Å²) in [5.74, 6) is -1.68. The maximum Gasteiger partial charge on any atom is 0.328 e. The highest BCUT2D eigenvalue weighted by Crippen LogP contribution is 2.34. The lowest BCUT2D eigenvalue weighted by atomic mass is 10.2. The number of rotatable bonds is 4. The number of halogens is 3. The lowest BCUT2D eigenvalue weighted by Gasteiger charge is -2.11. The van der Waals surface area contributed by atoms with Crippen LogP contribution in [0.25, 0.3) is 6.08 Å². The number of carboxylic acids is 1. The van der Waals surface area contributed by atoms with Gasteiger partial charge in [-0.1, -0.05) is 35.3 Å². The van der Waals surface area contributed by atoms with Gasteiger partial charge < -0.3 is 9.84 Å². The van der Waals surface area contributed by atoms with Crippen LogP contribution in [0.15, 0.2) is 42.5 Å². The van der Waals surface area contributed by atoms with E-state index in [2.05, 4.69) is 0 Å². The molecule has 21 heavy (non-hydrogen) atoms. The van der Waals surface area contributed by atoms with Crippen LogP contribution in [-0.2, 0) is 4.79 Å². The maximum atomic E-state index is 13.8. The number of hydrogen-bond donors (Lipinski definition) is 1. The average molecular weight is 327 g/mol.